The fraction of sp³-hybridized carbons (Fsp3) is 0.600. The number of likely N-dealkylation sites (N-methyl/N-ethyl adjacent to an activating group) is 1. The molecule has 1 N–H and O–H groups in total. The molecule has 0 amide bonds. The van der Waals surface area contributed by atoms with E-state index in [0.717, 1.165) is 12.1 Å². The summed E-state index contributed by atoms with van der Waals surface area (Å²) in [5.74, 6) is -0.185. The van der Waals surface area contributed by atoms with Crippen LogP contribution in [0.4, 0.5) is 13.2 Å². The van der Waals surface area contributed by atoms with E-state index in [-0.39, 0.29) is 11.3 Å². The number of hydrogen-bond acceptors (Lipinski definition) is 3. The van der Waals surface area contributed by atoms with Crippen molar-refractivity contribution in [2.24, 2.45) is 0 Å². The minimum Gasteiger partial charge on any atom is -0.406 e. The van der Waals surface area contributed by atoms with Crippen LogP contribution in [-0.2, 0) is 6.54 Å². The van der Waals surface area contributed by atoms with Gasteiger partial charge in [0.1, 0.15) is 5.75 Å². The molecule has 6 heteroatoms. The standard InChI is InChI=1S/C15H21F3N2O/c1-20(2)14(8-3-9-14)11-19-10-12-4-6-13(7-5-12)21-15(16,17)18/h4-7,19H,3,8-11H2,1-2H3. The van der Waals surface area contributed by atoms with Gasteiger partial charge in [0.2, 0.25) is 0 Å². The third-order valence-electron chi connectivity index (χ3n) is 4.17. The smallest absolute Gasteiger partial charge is 0.406 e. The Kier molecular flexibility index (Phi) is 4.78. The van der Waals surface area contributed by atoms with E-state index < -0.39 is 6.36 Å². The maximum Gasteiger partial charge on any atom is 0.573 e. The molecule has 1 aromatic rings. The fourth-order valence-corrected chi connectivity index (χ4v) is 2.62. The van der Waals surface area contributed by atoms with E-state index in [1.165, 1.54) is 31.4 Å². The van der Waals surface area contributed by atoms with Gasteiger partial charge in [-0.2, -0.15) is 0 Å². The van der Waals surface area contributed by atoms with Gasteiger partial charge in [-0.05, 0) is 51.1 Å². The van der Waals surface area contributed by atoms with Gasteiger partial charge in [0.15, 0.2) is 0 Å². The molecule has 1 aromatic carbocycles. The molecule has 1 fully saturated rings. The Morgan fingerprint density at radius 3 is 2.24 bits per heavy atom. The number of hydrogen-bond donors (Lipinski definition) is 1. The lowest BCUT2D eigenvalue weighted by Crippen LogP contribution is -2.56. The summed E-state index contributed by atoms with van der Waals surface area (Å²) in [4.78, 5) is 2.25. The van der Waals surface area contributed by atoms with E-state index in [1.807, 2.05) is 0 Å². The highest BCUT2D eigenvalue weighted by Gasteiger charge is 2.38. The molecule has 0 unspecified atom stereocenters. The number of ether oxygens (including phenoxy) is 1. The Morgan fingerprint density at radius 2 is 1.81 bits per heavy atom. The lowest BCUT2D eigenvalue weighted by atomic mass is 9.75. The van der Waals surface area contributed by atoms with Crippen LogP contribution in [0.25, 0.3) is 0 Å². The molecule has 1 aliphatic carbocycles. The van der Waals surface area contributed by atoms with E-state index in [4.69, 9.17) is 0 Å². The summed E-state index contributed by atoms with van der Waals surface area (Å²) in [7, 11) is 4.17. The Labute approximate surface area is 123 Å². The molecule has 0 atom stereocenters. The number of nitrogens with one attached hydrogen (secondary N) is 1. The van der Waals surface area contributed by atoms with Gasteiger partial charge in [0.05, 0.1) is 0 Å². The van der Waals surface area contributed by atoms with Crippen LogP contribution in [0.1, 0.15) is 24.8 Å². The molecule has 0 bridgehead atoms. The van der Waals surface area contributed by atoms with Gasteiger partial charge in [-0.15, -0.1) is 13.2 Å². The van der Waals surface area contributed by atoms with E-state index in [9.17, 15) is 13.2 Å². The van der Waals surface area contributed by atoms with Crippen LogP contribution in [0.2, 0.25) is 0 Å². The molecular weight excluding hydrogens is 281 g/mol. The summed E-state index contributed by atoms with van der Waals surface area (Å²) < 4.78 is 40.0. The van der Waals surface area contributed by atoms with Crippen LogP contribution >= 0.6 is 0 Å². The van der Waals surface area contributed by atoms with Gasteiger partial charge in [-0.1, -0.05) is 12.1 Å². The van der Waals surface area contributed by atoms with Gasteiger partial charge < -0.3 is 15.0 Å². The molecule has 0 heterocycles. The summed E-state index contributed by atoms with van der Waals surface area (Å²) in [5.41, 5.74) is 1.18. The van der Waals surface area contributed by atoms with Crippen molar-refractivity contribution in [3.63, 3.8) is 0 Å². The van der Waals surface area contributed by atoms with Crippen LogP contribution in [0.3, 0.4) is 0 Å². The van der Waals surface area contributed by atoms with Crippen molar-refractivity contribution in [1.82, 2.24) is 10.2 Å². The fourth-order valence-electron chi connectivity index (χ4n) is 2.62. The first-order valence-electron chi connectivity index (χ1n) is 7.04. The highest BCUT2D eigenvalue weighted by atomic mass is 19.4. The number of halogens is 3. The van der Waals surface area contributed by atoms with Gasteiger partial charge in [0.25, 0.3) is 0 Å². The maximum absolute atomic E-state index is 12.1. The SMILES string of the molecule is CN(C)C1(CNCc2ccc(OC(F)(F)F)cc2)CCC1. The molecule has 21 heavy (non-hydrogen) atoms. The highest BCUT2D eigenvalue weighted by molar-refractivity contribution is 5.27. The molecular formula is C15H21F3N2O. The first kappa shape index (κ1) is 16.1. The highest BCUT2D eigenvalue weighted by Crippen LogP contribution is 2.35. The van der Waals surface area contributed by atoms with Crippen LogP contribution in [0.5, 0.6) is 5.75 Å². The summed E-state index contributed by atoms with van der Waals surface area (Å²) in [6.07, 6.45) is -1.01. The van der Waals surface area contributed by atoms with E-state index in [1.54, 1.807) is 12.1 Å². The number of rotatable bonds is 6. The molecule has 1 aliphatic rings. The quantitative estimate of drug-likeness (QED) is 0.873. The second-order valence-electron chi connectivity index (χ2n) is 5.77. The van der Waals surface area contributed by atoms with Crippen molar-refractivity contribution >= 4 is 0 Å². The molecule has 0 spiro atoms. The van der Waals surface area contributed by atoms with Crippen LogP contribution in [0, 0.1) is 0 Å². The molecule has 3 nitrogen and oxygen atoms in total. The molecule has 118 valence electrons. The first-order valence-corrected chi connectivity index (χ1v) is 7.04. The predicted molar refractivity (Wildman–Crippen MR) is 75.1 cm³/mol. The van der Waals surface area contributed by atoms with Crippen molar-refractivity contribution in [1.29, 1.82) is 0 Å². The minimum atomic E-state index is -4.64. The minimum absolute atomic E-state index is 0.185. The van der Waals surface area contributed by atoms with Gasteiger partial charge >= 0.3 is 6.36 Å². The summed E-state index contributed by atoms with van der Waals surface area (Å²) in [6.45, 7) is 1.53. The number of alkyl halides is 3. The number of benzene rings is 1. The summed E-state index contributed by atoms with van der Waals surface area (Å²) in [6, 6.07) is 5.99. The van der Waals surface area contributed by atoms with Crippen molar-refractivity contribution in [2.75, 3.05) is 20.6 Å². The van der Waals surface area contributed by atoms with E-state index >= 15 is 0 Å². The zero-order chi connectivity index (χ0) is 15.5. The maximum atomic E-state index is 12.1. The van der Waals surface area contributed by atoms with Crippen molar-refractivity contribution in [3.05, 3.63) is 29.8 Å². The summed E-state index contributed by atoms with van der Waals surface area (Å²) >= 11 is 0. The molecule has 2 rings (SSSR count). The van der Waals surface area contributed by atoms with Gasteiger partial charge in [-0.25, -0.2) is 0 Å². The topological polar surface area (TPSA) is 24.5 Å². The molecule has 0 saturated heterocycles. The second kappa shape index (κ2) is 6.23. The van der Waals surface area contributed by atoms with Crippen molar-refractivity contribution < 1.29 is 17.9 Å². The second-order valence-corrected chi connectivity index (χ2v) is 5.77. The first-order chi connectivity index (χ1) is 9.81. The van der Waals surface area contributed by atoms with Crippen LogP contribution in [0.15, 0.2) is 24.3 Å². The lowest BCUT2D eigenvalue weighted by molar-refractivity contribution is -0.274. The Balaban J connectivity index is 1.81. The third-order valence-corrected chi connectivity index (χ3v) is 4.17. The largest absolute Gasteiger partial charge is 0.573 e. The zero-order valence-electron chi connectivity index (χ0n) is 12.3. The molecule has 0 radical (unpaired) electrons. The van der Waals surface area contributed by atoms with Crippen LogP contribution < -0.4 is 10.1 Å². The van der Waals surface area contributed by atoms with Crippen LogP contribution in [-0.4, -0.2) is 37.4 Å². The Hall–Kier alpha value is -1.27. The average Bonchev–Trinajstić information content (AvgIpc) is 2.32. The molecule has 0 aromatic heterocycles. The number of nitrogens with zero attached hydrogens (tertiary/aromatic N) is 1. The van der Waals surface area contributed by atoms with Crippen molar-refractivity contribution in [2.45, 2.75) is 37.7 Å². The Morgan fingerprint density at radius 1 is 1.19 bits per heavy atom. The van der Waals surface area contributed by atoms with Gasteiger partial charge in [0, 0.05) is 18.6 Å². The monoisotopic (exact) mass is 302 g/mol. The van der Waals surface area contributed by atoms with Gasteiger partial charge in [-0.3, -0.25) is 0 Å². The van der Waals surface area contributed by atoms with Crippen molar-refractivity contribution in [3.8, 4) is 5.75 Å². The average molecular weight is 302 g/mol. The van der Waals surface area contributed by atoms with E-state index in [2.05, 4.69) is 29.0 Å². The Bertz CT molecular complexity index is 453. The normalized spacial score (nSPS) is 17.6. The summed E-state index contributed by atoms with van der Waals surface area (Å²) in [5, 5.41) is 3.39. The predicted octanol–water partition coefficient (Wildman–Crippen LogP) is 3.16. The van der Waals surface area contributed by atoms with E-state index in [0.29, 0.717) is 6.54 Å². The zero-order valence-corrected chi connectivity index (χ0v) is 12.3. The molecule has 0 aliphatic heterocycles. The lowest BCUT2D eigenvalue weighted by Gasteiger charge is -2.47. The third kappa shape index (κ3) is 4.35. The molecule has 1 saturated carbocycles.